The minimum atomic E-state index is -4.03. The van der Waals surface area contributed by atoms with Crippen LogP contribution in [0.3, 0.4) is 0 Å². The molecule has 0 fully saturated rings. The minimum absolute atomic E-state index is 0.118. The number of sulfonamides is 1. The number of hydrogen-bond acceptors (Lipinski definition) is 5. The van der Waals surface area contributed by atoms with Crippen molar-refractivity contribution in [1.29, 1.82) is 0 Å². The fraction of sp³-hybridized carbons (Fsp3) is 0.364. The molecule has 0 heterocycles. The van der Waals surface area contributed by atoms with E-state index < -0.39 is 26.2 Å². The molecule has 0 amide bonds. The van der Waals surface area contributed by atoms with E-state index in [1.165, 1.54) is 25.1 Å². The van der Waals surface area contributed by atoms with Gasteiger partial charge in [0, 0.05) is 18.2 Å². The van der Waals surface area contributed by atoms with Gasteiger partial charge in [-0.05, 0) is 19.4 Å². The van der Waals surface area contributed by atoms with Crippen molar-refractivity contribution in [3.63, 3.8) is 0 Å². The van der Waals surface area contributed by atoms with Crippen LogP contribution in [0.5, 0.6) is 0 Å². The van der Waals surface area contributed by atoms with Gasteiger partial charge in [-0.15, -0.1) is 0 Å². The maximum Gasteiger partial charge on any atom is 0.323 e. The lowest BCUT2D eigenvalue weighted by Gasteiger charge is -2.11. The molecule has 1 aromatic rings. The average molecular weight is 302 g/mol. The predicted molar refractivity (Wildman–Crippen MR) is 70.7 cm³/mol. The van der Waals surface area contributed by atoms with Crippen LogP contribution < -0.4 is 4.72 Å². The van der Waals surface area contributed by atoms with Crippen molar-refractivity contribution >= 4 is 21.7 Å². The van der Waals surface area contributed by atoms with Crippen molar-refractivity contribution in [3.8, 4) is 0 Å². The molecule has 110 valence electrons. The molecule has 0 bridgehead atoms. The van der Waals surface area contributed by atoms with Gasteiger partial charge >= 0.3 is 5.97 Å². The van der Waals surface area contributed by atoms with Crippen molar-refractivity contribution in [1.82, 2.24) is 4.72 Å². The minimum Gasteiger partial charge on any atom is -0.480 e. The lowest BCUT2D eigenvalue weighted by atomic mass is 10.1. The Labute approximate surface area is 115 Å². The lowest BCUT2D eigenvalue weighted by molar-refractivity contribution is -0.385. The highest BCUT2D eigenvalue weighted by molar-refractivity contribution is 7.90. The zero-order chi connectivity index (χ0) is 15.5. The molecule has 0 aliphatic carbocycles. The summed E-state index contributed by atoms with van der Waals surface area (Å²) >= 11 is 0. The zero-order valence-electron chi connectivity index (χ0n) is 10.9. The van der Waals surface area contributed by atoms with E-state index in [0.717, 1.165) is 6.92 Å². The number of nitrogens with one attached hydrogen (secondary N) is 1. The second-order valence-corrected chi connectivity index (χ2v) is 6.25. The second kappa shape index (κ2) is 5.97. The highest BCUT2D eigenvalue weighted by atomic mass is 32.2. The Balaban J connectivity index is 2.94. The topological polar surface area (TPSA) is 127 Å². The number of carboxylic acid groups (broad SMARTS) is 1. The summed E-state index contributed by atoms with van der Waals surface area (Å²) < 4.78 is 25.4. The van der Waals surface area contributed by atoms with E-state index in [2.05, 4.69) is 4.72 Å². The number of carboxylic acids is 1. The van der Waals surface area contributed by atoms with Crippen LogP contribution in [0.1, 0.15) is 18.1 Å². The molecule has 0 radical (unpaired) electrons. The summed E-state index contributed by atoms with van der Waals surface area (Å²) in [5, 5.41) is 17.8. The smallest absolute Gasteiger partial charge is 0.323 e. The molecule has 8 nitrogen and oxygen atoms in total. The van der Waals surface area contributed by atoms with Crippen LogP contribution in [0.4, 0.5) is 5.69 Å². The molecule has 1 atom stereocenters. The van der Waals surface area contributed by atoms with Gasteiger partial charge in [0.15, 0.2) is 5.25 Å². The first-order valence-corrected chi connectivity index (χ1v) is 7.15. The number of benzene rings is 1. The molecular formula is C11H14N2O6S. The number of nitro benzene ring substituents is 1. The van der Waals surface area contributed by atoms with E-state index in [1.54, 1.807) is 0 Å². The molecule has 0 spiro atoms. The Morgan fingerprint density at radius 1 is 1.50 bits per heavy atom. The molecule has 0 aromatic heterocycles. The molecule has 9 heteroatoms. The molecular weight excluding hydrogens is 288 g/mol. The number of carbonyl (C=O) groups is 1. The van der Waals surface area contributed by atoms with Crippen LogP contribution in [-0.2, 0) is 21.4 Å². The number of hydrogen-bond donors (Lipinski definition) is 2. The van der Waals surface area contributed by atoms with Crippen molar-refractivity contribution < 1.29 is 23.2 Å². The van der Waals surface area contributed by atoms with Gasteiger partial charge in [-0.2, -0.15) is 0 Å². The summed E-state index contributed by atoms with van der Waals surface area (Å²) in [7, 11) is -4.03. The number of nitro groups is 1. The highest BCUT2D eigenvalue weighted by Gasteiger charge is 2.27. The van der Waals surface area contributed by atoms with E-state index in [-0.39, 0.29) is 12.2 Å². The van der Waals surface area contributed by atoms with E-state index in [1.807, 2.05) is 0 Å². The third-order valence-corrected chi connectivity index (χ3v) is 4.57. The van der Waals surface area contributed by atoms with Gasteiger partial charge in [-0.3, -0.25) is 14.9 Å². The maximum atomic E-state index is 11.6. The SMILES string of the molecule is Cc1c(CNS(=O)(=O)C(C)C(=O)O)cccc1[N+](=O)[O-]. The van der Waals surface area contributed by atoms with Gasteiger partial charge in [0.2, 0.25) is 10.0 Å². The molecule has 1 unspecified atom stereocenters. The molecule has 2 N–H and O–H groups in total. The zero-order valence-corrected chi connectivity index (χ0v) is 11.7. The van der Waals surface area contributed by atoms with Crippen LogP contribution in [0.2, 0.25) is 0 Å². The number of aliphatic carboxylic acids is 1. The van der Waals surface area contributed by atoms with Gasteiger partial charge < -0.3 is 5.11 Å². The lowest BCUT2D eigenvalue weighted by Crippen LogP contribution is -2.37. The Morgan fingerprint density at radius 2 is 2.10 bits per heavy atom. The first-order valence-electron chi connectivity index (χ1n) is 5.61. The quantitative estimate of drug-likeness (QED) is 0.591. The van der Waals surface area contributed by atoms with Gasteiger partial charge in [0.1, 0.15) is 0 Å². The second-order valence-electron chi connectivity index (χ2n) is 4.16. The van der Waals surface area contributed by atoms with E-state index in [0.29, 0.717) is 11.1 Å². The van der Waals surface area contributed by atoms with Crippen LogP contribution in [-0.4, -0.2) is 29.7 Å². The normalized spacial score (nSPS) is 12.9. The first kappa shape index (κ1) is 16.1. The molecule has 0 aliphatic heterocycles. The number of nitrogens with zero attached hydrogens (tertiary/aromatic N) is 1. The first-order chi connectivity index (χ1) is 9.16. The molecule has 0 aliphatic rings. The highest BCUT2D eigenvalue weighted by Crippen LogP contribution is 2.21. The third kappa shape index (κ3) is 3.52. The van der Waals surface area contributed by atoms with E-state index in [9.17, 15) is 23.3 Å². The van der Waals surface area contributed by atoms with Gasteiger partial charge in [-0.1, -0.05) is 12.1 Å². The van der Waals surface area contributed by atoms with Gasteiger partial charge in [-0.25, -0.2) is 13.1 Å². The van der Waals surface area contributed by atoms with Crippen LogP contribution in [0, 0.1) is 17.0 Å². The summed E-state index contributed by atoms with van der Waals surface area (Å²) in [5.41, 5.74) is 0.636. The fourth-order valence-corrected chi connectivity index (χ4v) is 2.37. The largest absolute Gasteiger partial charge is 0.480 e. The summed E-state index contributed by atoms with van der Waals surface area (Å²) in [4.78, 5) is 20.9. The average Bonchev–Trinajstić information content (AvgIpc) is 2.36. The van der Waals surface area contributed by atoms with E-state index >= 15 is 0 Å². The van der Waals surface area contributed by atoms with Crippen molar-refractivity contribution in [3.05, 3.63) is 39.4 Å². The van der Waals surface area contributed by atoms with Crippen LogP contribution in [0.15, 0.2) is 18.2 Å². The Bertz CT molecular complexity index is 640. The molecule has 0 saturated carbocycles. The standard InChI is InChI=1S/C11H14N2O6S/c1-7-9(4-3-5-10(7)13(16)17)6-12-20(18,19)8(2)11(14)15/h3-5,8,12H,6H2,1-2H3,(H,14,15). The Morgan fingerprint density at radius 3 is 2.60 bits per heavy atom. The summed E-state index contributed by atoms with van der Waals surface area (Å²) in [6.45, 7) is 2.35. The predicted octanol–water partition coefficient (Wildman–Crippen LogP) is 0.796. The van der Waals surface area contributed by atoms with Crippen molar-refractivity contribution in [2.24, 2.45) is 0 Å². The summed E-state index contributed by atoms with van der Waals surface area (Å²) in [6, 6.07) is 4.29. The van der Waals surface area contributed by atoms with Crippen LogP contribution >= 0.6 is 0 Å². The van der Waals surface area contributed by atoms with Gasteiger partial charge in [0.05, 0.1) is 4.92 Å². The fourth-order valence-electron chi connectivity index (χ4n) is 1.50. The molecule has 1 rings (SSSR count). The molecule has 0 saturated heterocycles. The van der Waals surface area contributed by atoms with Crippen molar-refractivity contribution in [2.45, 2.75) is 25.6 Å². The molecule has 20 heavy (non-hydrogen) atoms. The summed E-state index contributed by atoms with van der Waals surface area (Å²) in [5.74, 6) is -1.46. The summed E-state index contributed by atoms with van der Waals surface area (Å²) in [6.07, 6.45) is 0. The Kier molecular flexibility index (Phi) is 4.79. The van der Waals surface area contributed by atoms with Crippen molar-refractivity contribution in [2.75, 3.05) is 0 Å². The van der Waals surface area contributed by atoms with Gasteiger partial charge in [0.25, 0.3) is 5.69 Å². The van der Waals surface area contributed by atoms with E-state index in [4.69, 9.17) is 5.11 Å². The third-order valence-electron chi connectivity index (χ3n) is 2.89. The van der Waals surface area contributed by atoms with Crippen LogP contribution in [0.25, 0.3) is 0 Å². The Hall–Kier alpha value is -2.00. The maximum absolute atomic E-state index is 11.6. The number of rotatable bonds is 6. The molecule has 1 aromatic carbocycles. The monoisotopic (exact) mass is 302 g/mol.